The highest BCUT2D eigenvalue weighted by atomic mass is 35.5. The molecular formula is C14H15ClFN3O. The van der Waals surface area contributed by atoms with Gasteiger partial charge in [-0.3, -0.25) is 0 Å². The average Bonchev–Trinajstić information content (AvgIpc) is 2.38. The lowest BCUT2D eigenvalue weighted by Gasteiger charge is -2.16. The predicted octanol–water partition coefficient (Wildman–Crippen LogP) is 3.59. The lowest BCUT2D eigenvalue weighted by Crippen LogP contribution is -2.11. The van der Waals surface area contributed by atoms with E-state index in [0.29, 0.717) is 22.4 Å². The van der Waals surface area contributed by atoms with Crippen molar-refractivity contribution in [3.05, 3.63) is 52.7 Å². The van der Waals surface area contributed by atoms with Crippen molar-refractivity contribution in [2.24, 2.45) is 0 Å². The predicted molar refractivity (Wildman–Crippen MR) is 76.2 cm³/mol. The Morgan fingerprint density at radius 1 is 1.35 bits per heavy atom. The first-order valence-electron chi connectivity index (χ1n) is 6.13. The third-order valence-electron chi connectivity index (χ3n) is 2.75. The number of hydrogen-bond donors (Lipinski definition) is 1. The quantitative estimate of drug-likeness (QED) is 0.856. The molecule has 2 aromatic rings. The summed E-state index contributed by atoms with van der Waals surface area (Å²) in [6.45, 7) is 2.12. The van der Waals surface area contributed by atoms with E-state index in [1.54, 1.807) is 31.4 Å². The van der Waals surface area contributed by atoms with Crippen LogP contribution in [0.5, 0.6) is 0 Å². The molecule has 0 aliphatic rings. The van der Waals surface area contributed by atoms with Gasteiger partial charge in [0.05, 0.1) is 6.04 Å². The minimum Gasteiger partial charge on any atom is -0.377 e. The van der Waals surface area contributed by atoms with Crippen molar-refractivity contribution in [2.45, 2.75) is 19.6 Å². The first-order valence-corrected chi connectivity index (χ1v) is 6.51. The molecule has 0 spiro atoms. The lowest BCUT2D eigenvalue weighted by atomic mass is 10.1. The summed E-state index contributed by atoms with van der Waals surface area (Å²) >= 11 is 5.93. The minimum atomic E-state index is -0.259. The number of nitrogens with one attached hydrogen (secondary N) is 1. The zero-order valence-electron chi connectivity index (χ0n) is 11.2. The maximum absolute atomic E-state index is 13.7. The van der Waals surface area contributed by atoms with Crippen molar-refractivity contribution < 1.29 is 9.13 Å². The molecule has 4 nitrogen and oxygen atoms in total. The highest BCUT2D eigenvalue weighted by Crippen LogP contribution is 2.21. The molecular weight excluding hydrogens is 281 g/mol. The van der Waals surface area contributed by atoms with Crippen LogP contribution in [0.1, 0.15) is 24.4 Å². The summed E-state index contributed by atoms with van der Waals surface area (Å²) in [5.74, 6) is 0.751. The zero-order valence-corrected chi connectivity index (χ0v) is 12.0. The molecule has 1 N–H and O–H groups in total. The van der Waals surface area contributed by atoms with E-state index < -0.39 is 0 Å². The molecule has 0 bridgehead atoms. The molecule has 0 aliphatic heterocycles. The molecule has 6 heteroatoms. The Bertz CT molecular complexity index is 594. The Balaban J connectivity index is 2.19. The summed E-state index contributed by atoms with van der Waals surface area (Å²) in [4.78, 5) is 8.30. The van der Waals surface area contributed by atoms with Gasteiger partial charge in [-0.1, -0.05) is 29.8 Å². The molecule has 1 aromatic heterocycles. The standard InChI is InChI=1S/C14H15ClFN3O/c1-9(10-5-3-4-6-11(10)16)17-13-7-12(15)18-14(19-13)8-20-2/h3-7,9H,8H2,1-2H3,(H,17,18,19). The van der Waals surface area contributed by atoms with Crippen LogP contribution in [-0.4, -0.2) is 17.1 Å². The molecule has 0 saturated heterocycles. The summed E-state index contributed by atoms with van der Waals surface area (Å²) in [7, 11) is 1.55. The smallest absolute Gasteiger partial charge is 0.158 e. The molecule has 106 valence electrons. The third-order valence-corrected chi connectivity index (χ3v) is 2.94. The van der Waals surface area contributed by atoms with Crippen LogP contribution < -0.4 is 5.32 Å². The fourth-order valence-corrected chi connectivity index (χ4v) is 2.06. The second-order valence-corrected chi connectivity index (χ2v) is 4.70. The maximum atomic E-state index is 13.7. The topological polar surface area (TPSA) is 47.0 Å². The van der Waals surface area contributed by atoms with E-state index in [2.05, 4.69) is 15.3 Å². The number of rotatable bonds is 5. The number of methoxy groups -OCH3 is 1. The normalized spacial score (nSPS) is 12.2. The second-order valence-electron chi connectivity index (χ2n) is 4.31. The number of benzene rings is 1. The molecule has 2 rings (SSSR count). The first-order chi connectivity index (χ1) is 9.60. The first kappa shape index (κ1) is 14.7. The largest absolute Gasteiger partial charge is 0.377 e. The summed E-state index contributed by atoms with van der Waals surface area (Å²) < 4.78 is 18.7. The van der Waals surface area contributed by atoms with Crippen LogP contribution >= 0.6 is 11.6 Å². The molecule has 1 unspecified atom stereocenters. The van der Waals surface area contributed by atoms with E-state index in [1.807, 2.05) is 6.92 Å². The van der Waals surface area contributed by atoms with Gasteiger partial charge in [0.15, 0.2) is 5.82 Å². The van der Waals surface area contributed by atoms with Crippen molar-refractivity contribution in [1.29, 1.82) is 0 Å². The molecule has 0 aliphatic carbocycles. The Kier molecular flexibility index (Phi) is 4.87. The summed E-state index contributed by atoms with van der Waals surface area (Å²) in [6.07, 6.45) is 0. The van der Waals surface area contributed by atoms with Gasteiger partial charge >= 0.3 is 0 Å². The van der Waals surface area contributed by atoms with E-state index in [-0.39, 0.29) is 18.5 Å². The van der Waals surface area contributed by atoms with Gasteiger partial charge in [-0.2, -0.15) is 0 Å². The van der Waals surface area contributed by atoms with Crippen molar-refractivity contribution >= 4 is 17.4 Å². The number of hydrogen-bond acceptors (Lipinski definition) is 4. The van der Waals surface area contributed by atoms with Crippen LogP contribution in [0.2, 0.25) is 5.15 Å². The van der Waals surface area contributed by atoms with Crippen molar-refractivity contribution in [3.63, 3.8) is 0 Å². The molecule has 0 radical (unpaired) electrons. The van der Waals surface area contributed by atoms with Gasteiger partial charge in [0, 0.05) is 18.7 Å². The fourth-order valence-electron chi connectivity index (χ4n) is 1.86. The number of anilines is 1. The van der Waals surface area contributed by atoms with Gasteiger partial charge < -0.3 is 10.1 Å². The molecule has 1 aromatic carbocycles. The van der Waals surface area contributed by atoms with Gasteiger partial charge in [-0.05, 0) is 13.0 Å². The molecule has 1 heterocycles. The van der Waals surface area contributed by atoms with Crippen molar-refractivity contribution in [2.75, 3.05) is 12.4 Å². The maximum Gasteiger partial charge on any atom is 0.158 e. The fraction of sp³-hybridized carbons (Fsp3) is 0.286. The van der Waals surface area contributed by atoms with E-state index in [4.69, 9.17) is 16.3 Å². The van der Waals surface area contributed by atoms with E-state index >= 15 is 0 Å². The summed E-state index contributed by atoms with van der Waals surface area (Å²) in [5.41, 5.74) is 0.565. The summed E-state index contributed by atoms with van der Waals surface area (Å²) in [5, 5.41) is 3.42. The van der Waals surface area contributed by atoms with Crippen molar-refractivity contribution in [3.8, 4) is 0 Å². The van der Waals surface area contributed by atoms with Crippen LogP contribution in [0, 0.1) is 5.82 Å². The monoisotopic (exact) mass is 295 g/mol. The van der Waals surface area contributed by atoms with Crippen LogP contribution in [0.15, 0.2) is 30.3 Å². The third kappa shape index (κ3) is 3.65. The highest BCUT2D eigenvalue weighted by molar-refractivity contribution is 6.29. The zero-order chi connectivity index (χ0) is 14.5. The van der Waals surface area contributed by atoms with Crippen LogP contribution in [-0.2, 0) is 11.3 Å². The van der Waals surface area contributed by atoms with Gasteiger partial charge in [-0.25, -0.2) is 14.4 Å². The van der Waals surface area contributed by atoms with Crippen LogP contribution in [0.4, 0.5) is 10.2 Å². The summed E-state index contributed by atoms with van der Waals surface area (Å²) in [6, 6.07) is 7.96. The number of halogens is 2. The molecule has 0 amide bonds. The molecule has 1 atom stereocenters. The second kappa shape index (κ2) is 6.63. The van der Waals surface area contributed by atoms with Gasteiger partial charge in [0.25, 0.3) is 0 Å². The number of aromatic nitrogens is 2. The minimum absolute atomic E-state index is 0.238. The van der Waals surface area contributed by atoms with Crippen molar-refractivity contribution in [1.82, 2.24) is 9.97 Å². The Morgan fingerprint density at radius 2 is 2.10 bits per heavy atom. The molecule has 20 heavy (non-hydrogen) atoms. The Hall–Kier alpha value is -1.72. The highest BCUT2D eigenvalue weighted by Gasteiger charge is 2.12. The molecule has 0 fully saturated rings. The van der Waals surface area contributed by atoms with E-state index in [1.165, 1.54) is 6.07 Å². The van der Waals surface area contributed by atoms with Gasteiger partial charge in [-0.15, -0.1) is 0 Å². The Morgan fingerprint density at radius 3 is 2.80 bits per heavy atom. The number of nitrogens with zero attached hydrogens (tertiary/aromatic N) is 2. The van der Waals surface area contributed by atoms with Crippen LogP contribution in [0.3, 0.4) is 0 Å². The van der Waals surface area contributed by atoms with E-state index in [9.17, 15) is 4.39 Å². The number of ether oxygens (including phenoxy) is 1. The Labute approximate surface area is 122 Å². The lowest BCUT2D eigenvalue weighted by molar-refractivity contribution is 0.178. The van der Waals surface area contributed by atoms with Gasteiger partial charge in [0.2, 0.25) is 0 Å². The van der Waals surface area contributed by atoms with Crippen LogP contribution in [0.25, 0.3) is 0 Å². The molecule has 0 saturated carbocycles. The van der Waals surface area contributed by atoms with Gasteiger partial charge in [0.1, 0.15) is 23.4 Å². The SMILES string of the molecule is COCc1nc(Cl)cc(NC(C)c2ccccc2F)n1. The average molecular weight is 296 g/mol. The van der Waals surface area contributed by atoms with E-state index in [0.717, 1.165) is 0 Å².